The van der Waals surface area contributed by atoms with Crippen LogP contribution < -0.4 is 0 Å². The zero-order valence-electron chi connectivity index (χ0n) is 12.8. The van der Waals surface area contributed by atoms with Gasteiger partial charge in [-0.15, -0.1) is 11.8 Å². The molecule has 0 bridgehead atoms. The van der Waals surface area contributed by atoms with Crippen LogP contribution in [0.5, 0.6) is 0 Å². The van der Waals surface area contributed by atoms with Crippen LogP contribution >= 0.6 is 11.8 Å². The van der Waals surface area contributed by atoms with Crippen LogP contribution in [0, 0.1) is 0 Å². The first-order valence-corrected chi connectivity index (χ1v) is 9.62. The summed E-state index contributed by atoms with van der Waals surface area (Å²) >= 11 is 1.84. The minimum Gasteiger partial charge on any atom is -0.373 e. The molecular weight excluding hydrogens is 322 g/mol. The maximum atomic E-state index is 12.1. The van der Waals surface area contributed by atoms with Crippen molar-refractivity contribution in [3.63, 3.8) is 0 Å². The highest BCUT2D eigenvalue weighted by Gasteiger charge is 2.53. The lowest BCUT2D eigenvalue weighted by Crippen LogP contribution is -2.62. The van der Waals surface area contributed by atoms with Crippen molar-refractivity contribution in [3.8, 4) is 0 Å². The van der Waals surface area contributed by atoms with Crippen molar-refractivity contribution in [3.05, 3.63) is 30.1 Å². The first-order chi connectivity index (χ1) is 10.4. The topological polar surface area (TPSA) is 62.7 Å². The summed E-state index contributed by atoms with van der Waals surface area (Å²) in [6.45, 7) is 1.77. The molecule has 122 valence electrons. The van der Waals surface area contributed by atoms with Crippen LogP contribution in [0.1, 0.15) is 12.0 Å². The van der Waals surface area contributed by atoms with Crippen molar-refractivity contribution in [1.29, 1.82) is 0 Å². The molecule has 0 aliphatic carbocycles. The molecule has 2 aliphatic rings. The lowest BCUT2D eigenvalue weighted by molar-refractivity contribution is 0.0393. The van der Waals surface area contributed by atoms with Gasteiger partial charge in [0.25, 0.3) is 10.2 Å². The Morgan fingerprint density at radius 1 is 1.41 bits per heavy atom. The fraction of sp³-hybridized carbons (Fsp3) is 0.643. The van der Waals surface area contributed by atoms with Gasteiger partial charge in [-0.25, -0.2) is 0 Å². The van der Waals surface area contributed by atoms with E-state index in [9.17, 15) is 8.42 Å². The quantitative estimate of drug-likeness (QED) is 0.797. The minimum absolute atomic E-state index is 0.0476. The van der Waals surface area contributed by atoms with Crippen molar-refractivity contribution in [1.82, 2.24) is 13.6 Å². The van der Waals surface area contributed by atoms with E-state index < -0.39 is 10.2 Å². The van der Waals surface area contributed by atoms with E-state index in [-0.39, 0.29) is 10.9 Å². The molecule has 3 heterocycles. The highest BCUT2D eigenvalue weighted by Crippen LogP contribution is 2.47. The van der Waals surface area contributed by atoms with Gasteiger partial charge in [-0.1, -0.05) is 0 Å². The predicted octanol–water partition coefficient (Wildman–Crippen LogP) is 0.965. The smallest absolute Gasteiger partial charge is 0.281 e. The van der Waals surface area contributed by atoms with Crippen molar-refractivity contribution in [2.75, 3.05) is 32.9 Å². The molecule has 1 spiro atoms. The van der Waals surface area contributed by atoms with Gasteiger partial charge in [-0.05, 0) is 24.1 Å². The van der Waals surface area contributed by atoms with Crippen LogP contribution in [0.25, 0.3) is 0 Å². The molecule has 2 saturated heterocycles. The van der Waals surface area contributed by atoms with Gasteiger partial charge in [0.1, 0.15) is 0 Å². The van der Waals surface area contributed by atoms with Crippen molar-refractivity contribution < 1.29 is 13.2 Å². The van der Waals surface area contributed by atoms with Gasteiger partial charge in [-0.3, -0.25) is 4.98 Å². The second-order valence-corrected chi connectivity index (χ2v) is 9.68. The monoisotopic (exact) mass is 343 g/mol. The molecule has 1 unspecified atom stereocenters. The fourth-order valence-electron chi connectivity index (χ4n) is 2.81. The summed E-state index contributed by atoms with van der Waals surface area (Å²) in [6, 6.07) is 3.90. The molecular formula is C14H21N3O3S2. The molecule has 1 aromatic rings. The molecule has 0 aromatic carbocycles. The van der Waals surface area contributed by atoms with Crippen LogP contribution in [-0.4, -0.2) is 65.8 Å². The van der Waals surface area contributed by atoms with E-state index in [0.29, 0.717) is 19.7 Å². The van der Waals surface area contributed by atoms with E-state index >= 15 is 0 Å². The zero-order valence-corrected chi connectivity index (χ0v) is 14.4. The predicted molar refractivity (Wildman–Crippen MR) is 86.8 cm³/mol. The van der Waals surface area contributed by atoms with Crippen LogP contribution in [-0.2, 0) is 21.6 Å². The number of aromatic nitrogens is 1. The van der Waals surface area contributed by atoms with E-state index in [1.165, 1.54) is 4.31 Å². The van der Waals surface area contributed by atoms with Crippen LogP contribution in [0.4, 0.5) is 0 Å². The van der Waals surface area contributed by atoms with E-state index in [1.807, 2.05) is 23.9 Å². The second kappa shape index (κ2) is 6.09. The maximum Gasteiger partial charge on any atom is 0.281 e. The minimum atomic E-state index is -3.27. The Kier molecular flexibility index (Phi) is 4.48. The summed E-state index contributed by atoms with van der Waals surface area (Å²) < 4.78 is 32.9. The number of ether oxygens (including phenoxy) is 1. The molecule has 2 fully saturated rings. The Bertz CT molecular complexity index is 615. The van der Waals surface area contributed by atoms with Gasteiger partial charge >= 0.3 is 0 Å². The zero-order chi connectivity index (χ0) is 15.8. The highest BCUT2D eigenvalue weighted by atomic mass is 32.2. The summed E-state index contributed by atoms with van der Waals surface area (Å²) in [5, 5.41) is 0. The van der Waals surface area contributed by atoms with Crippen molar-refractivity contribution in [2.24, 2.45) is 0 Å². The van der Waals surface area contributed by atoms with Crippen LogP contribution in [0.15, 0.2) is 24.5 Å². The summed E-state index contributed by atoms with van der Waals surface area (Å²) in [6.07, 6.45) is 4.64. The summed E-state index contributed by atoms with van der Waals surface area (Å²) in [5.74, 6) is 0.931. The lowest BCUT2D eigenvalue weighted by atomic mass is 9.95. The van der Waals surface area contributed by atoms with Gasteiger partial charge in [0, 0.05) is 50.1 Å². The first kappa shape index (κ1) is 16.2. The third kappa shape index (κ3) is 3.16. The van der Waals surface area contributed by atoms with Gasteiger partial charge < -0.3 is 4.74 Å². The average molecular weight is 343 g/mol. The number of pyridine rings is 1. The second-order valence-electron chi connectivity index (χ2n) is 6.04. The number of thioether (sulfide) groups is 1. The van der Waals surface area contributed by atoms with Crippen LogP contribution in [0.2, 0.25) is 0 Å². The molecule has 0 radical (unpaired) electrons. The standard InChI is InChI=1S/C14H21N3O3S2/c1-16(2)22(18,19)17-10-14(11-17)7-13(9-21-14)20-8-12-3-5-15-6-4-12/h3-6,13H,7-11H2,1-2H3. The Morgan fingerprint density at radius 2 is 2.09 bits per heavy atom. The normalized spacial score (nSPS) is 24.8. The molecule has 22 heavy (non-hydrogen) atoms. The third-order valence-corrected chi connectivity index (χ3v) is 7.54. The van der Waals surface area contributed by atoms with E-state index in [0.717, 1.165) is 17.7 Å². The number of nitrogens with zero attached hydrogens (tertiary/aromatic N) is 3. The maximum absolute atomic E-state index is 12.1. The van der Waals surface area contributed by atoms with Gasteiger partial charge in [0.2, 0.25) is 0 Å². The van der Waals surface area contributed by atoms with Gasteiger partial charge in [0.15, 0.2) is 0 Å². The molecule has 0 N–H and O–H groups in total. The van der Waals surface area contributed by atoms with Crippen molar-refractivity contribution >= 4 is 22.0 Å². The van der Waals surface area contributed by atoms with Gasteiger partial charge in [-0.2, -0.15) is 17.0 Å². The fourth-order valence-corrected chi connectivity index (χ4v) is 5.81. The SMILES string of the molecule is CN(C)S(=O)(=O)N1CC2(CC(OCc3ccncc3)CS2)C1. The molecule has 8 heteroatoms. The van der Waals surface area contributed by atoms with Gasteiger partial charge in [0.05, 0.1) is 12.7 Å². The van der Waals surface area contributed by atoms with Crippen LogP contribution in [0.3, 0.4) is 0 Å². The lowest BCUT2D eigenvalue weighted by Gasteiger charge is -2.46. The largest absolute Gasteiger partial charge is 0.373 e. The first-order valence-electron chi connectivity index (χ1n) is 7.23. The molecule has 3 rings (SSSR count). The van der Waals surface area contributed by atoms with Crippen molar-refractivity contribution in [2.45, 2.75) is 23.9 Å². The Labute approximate surface area is 136 Å². The molecule has 6 nitrogen and oxygen atoms in total. The average Bonchev–Trinajstić information content (AvgIpc) is 2.89. The Hall–Kier alpha value is -0.670. The summed E-state index contributed by atoms with van der Waals surface area (Å²) in [5.41, 5.74) is 1.12. The molecule has 1 atom stereocenters. The molecule has 0 saturated carbocycles. The Morgan fingerprint density at radius 3 is 2.73 bits per heavy atom. The molecule has 2 aliphatic heterocycles. The summed E-state index contributed by atoms with van der Waals surface area (Å²) in [7, 11) is -0.126. The third-order valence-electron chi connectivity index (χ3n) is 4.13. The number of hydrogen-bond donors (Lipinski definition) is 0. The Balaban J connectivity index is 1.50. The highest BCUT2D eigenvalue weighted by molar-refractivity contribution is 8.01. The van der Waals surface area contributed by atoms with E-state index in [4.69, 9.17) is 4.74 Å². The van der Waals surface area contributed by atoms with E-state index in [1.54, 1.807) is 30.8 Å². The summed E-state index contributed by atoms with van der Waals surface area (Å²) in [4.78, 5) is 3.99. The number of hydrogen-bond acceptors (Lipinski definition) is 5. The van der Waals surface area contributed by atoms with E-state index in [2.05, 4.69) is 4.98 Å². The number of rotatable bonds is 5. The molecule has 0 amide bonds. The molecule has 1 aromatic heterocycles.